The lowest BCUT2D eigenvalue weighted by Gasteiger charge is -2.22. The topological polar surface area (TPSA) is 52.6 Å². The van der Waals surface area contributed by atoms with Gasteiger partial charge in [-0.15, -0.1) is 6.58 Å². The number of esters is 1. The lowest BCUT2D eigenvalue weighted by molar-refractivity contribution is -0.153. The second kappa shape index (κ2) is 4.05. The van der Waals surface area contributed by atoms with Crippen molar-refractivity contribution in [2.24, 2.45) is 0 Å². The number of hydrogen-bond donors (Lipinski definition) is 0. The van der Waals surface area contributed by atoms with Crippen molar-refractivity contribution in [3.05, 3.63) is 42.5 Å². The molecule has 0 fully saturated rings. The number of carbonyl (C=O) groups excluding carboxylic acids is 2. The number of hydrogen-bond acceptors (Lipinski definition) is 4. The Balaban J connectivity index is 2.50. The van der Waals surface area contributed by atoms with E-state index in [9.17, 15) is 9.59 Å². The summed E-state index contributed by atoms with van der Waals surface area (Å²) in [4.78, 5) is 24.0. The van der Waals surface area contributed by atoms with Gasteiger partial charge in [0, 0.05) is 6.42 Å². The van der Waals surface area contributed by atoms with Crippen LogP contribution in [0.5, 0.6) is 5.75 Å². The second-order valence-electron chi connectivity index (χ2n) is 3.74. The molecule has 0 radical (unpaired) electrons. The molecule has 0 saturated carbocycles. The Labute approximate surface area is 98.8 Å². The van der Waals surface area contributed by atoms with Crippen LogP contribution in [0.1, 0.15) is 16.8 Å². The van der Waals surface area contributed by atoms with E-state index < -0.39 is 11.6 Å². The fraction of sp³-hybridized carbons (Fsp3) is 0.231. The summed E-state index contributed by atoms with van der Waals surface area (Å²) in [5.74, 6) is -0.664. The first-order chi connectivity index (χ1) is 8.15. The quantitative estimate of drug-likeness (QED) is 0.452. The van der Waals surface area contributed by atoms with Gasteiger partial charge in [0.2, 0.25) is 5.78 Å². The molecule has 0 aromatic heterocycles. The van der Waals surface area contributed by atoms with Crippen LogP contribution in [-0.4, -0.2) is 24.5 Å². The Kier molecular flexibility index (Phi) is 2.71. The molecule has 1 heterocycles. The molecule has 0 spiro atoms. The van der Waals surface area contributed by atoms with Gasteiger partial charge in [-0.2, -0.15) is 0 Å². The molecule has 1 aromatic carbocycles. The third kappa shape index (κ3) is 1.53. The summed E-state index contributed by atoms with van der Waals surface area (Å²) in [7, 11) is 1.23. The summed E-state index contributed by atoms with van der Waals surface area (Å²) >= 11 is 0. The Hall–Kier alpha value is -2.10. The van der Waals surface area contributed by atoms with Crippen LogP contribution in [0, 0.1) is 0 Å². The number of carbonyl (C=O) groups is 2. The molecule has 0 amide bonds. The normalized spacial score (nSPS) is 21.6. The van der Waals surface area contributed by atoms with Crippen LogP contribution in [0.3, 0.4) is 0 Å². The van der Waals surface area contributed by atoms with Crippen molar-refractivity contribution in [1.82, 2.24) is 0 Å². The van der Waals surface area contributed by atoms with E-state index in [2.05, 4.69) is 11.3 Å². The van der Waals surface area contributed by atoms with Crippen LogP contribution in [0.2, 0.25) is 0 Å². The van der Waals surface area contributed by atoms with E-state index in [1.165, 1.54) is 13.2 Å². The van der Waals surface area contributed by atoms with Crippen molar-refractivity contribution in [3.63, 3.8) is 0 Å². The molecule has 0 unspecified atom stereocenters. The molecule has 0 saturated heterocycles. The molecule has 4 heteroatoms. The number of rotatable bonds is 3. The summed E-state index contributed by atoms with van der Waals surface area (Å²) in [6.45, 7) is 3.54. The van der Waals surface area contributed by atoms with E-state index in [1.54, 1.807) is 24.3 Å². The predicted octanol–water partition coefficient (Wildman–Crippen LogP) is 1.75. The molecule has 1 aromatic rings. The van der Waals surface area contributed by atoms with Gasteiger partial charge < -0.3 is 9.47 Å². The Morgan fingerprint density at radius 1 is 1.53 bits per heavy atom. The average Bonchev–Trinajstić information content (AvgIpc) is 2.64. The van der Waals surface area contributed by atoms with Crippen LogP contribution < -0.4 is 4.74 Å². The van der Waals surface area contributed by atoms with Gasteiger partial charge in [-0.3, -0.25) is 4.79 Å². The van der Waals surface area contributed by atoms with Gasteiger partial charge in [0.15, 0.2) is 0 Å². The standard InChI is InChI=1S/C13H12O4/c1-3-8-13(12(15)16-2)11(14)9-6-4-5-7-10(9)17-13/h3-7H,1,8H2,2H3/t13-/m1/s1. The summed E-state index contributed by atoms with van der Waals surface area (Å²) in [5, 5.41) is 0. The fourth-order valence-electron chi connectivity index (χ4n) is 1.92. The van der Waals surface area contributed by atoms with Gasteiger partial charge >= 0.3 is 5.97 Å². The molecule has 1 atom stereocenters. The van der Waals surface area contributed by atoms with Crippen molar-refractivity contribution in [1.29, 1.82) is 0 Å². The monoisotopic (exact) mass is 232 g/mol. The number of methoxy groups -OCH3 is 1. The Bertz CT molecular complexity index is 492. The highest BCUT2D eigenvalue weighted by atomic mass is 16.6. The Morgan fingerprint density at radius 2 is 2.24 bits per heavy atom. The molecule has 4 nitrogen and oxygen atoms in total. The van der Waals surface area contributed by atoms with E-state index >= 15 is 0 Å². The molecule has 0 aliphatic carbocycles. The summed E-state index contributed by atoms with van der Waals surface area (Å²) in [5.41, 5.74) is -1.19. The molecule has 1 aliphatic heterocycles. The van der Waals surface area contributed by atoms with Crippen molar-refractivity contribution in [2.75, 3.05) is 7.11 Å². The van der Waals surface area contributed by atoms with E-state index in [0.29, 0.717) is 11.3 Å². The summed E-state index contributed by atoms with van der Waals surface area (Å²) < 4.78 is 10.2. The van der Waals surface area contributed by atoms with Crippen molar-refractivity contribution >= 4 is 11.8 Å². The second-order valence-corrected chi connectivity index (χ2v) is 3.74. The minimum absolute atomic E-state index is 0.0905. The van der Waals surface area contributed by atoms with Crippen molar-refractivity contribution < 1.29 is 19.1 Å². The molecular formula is C13H12O4. The smallest absolute Gasteiger partial charge is 0.358 e. The predicted molar refractivity (Wildman–Crippen MR) is 61.0 cm³/mol. The highest BCUT2D eigenvalue weighted by Crippen LogP contribution is 2.37. The van der Waals surface area contributed by atoms with Crippen molar-refractivity contribution in [3.8, 4) is 5.75 Å². The van der Waals surface area contributed by atoms with Crippen molar-refractivity contribution in [2.45, 2.75) is 12.0 Å². The molecular weight excluding hydrogens is 220 g/mol. The maximum absolute atomic E-state index is 12.2. The van der Waals surface area contributed by atoms with Crippen LogP contribution in [0.15, 0.2) is 36.9 Å². The van der Waals surface area contributed by atoms with E-state index in [0.717, 1.165) is 0 Å². The number of ketones is 1. The third-order valence-corrected chi connectivity index (χ3v) is 2.73. The number of benzene rings is 1. The van der Waals surface area contributed by atoms with Gasteiger partial charge in [-0.05, 0) is 12.1 Å². The van der Waals surface area contributed by atoms with E-state index in [1.807, 2.05) is 0 Å². The first-order valence-corrected chi connectivity index (χ1v) is 5.18. The summed E-state index contributed by atoms with van der Waals surface area (Å²) in [6.07, 6.45) is 1.56. The molecule has 2 rings (SSSR count). The minimum atomic E-state index is -1.60. The Morgan fingerprint density at radius 3 is 2.82 bits per heavy atom. The zero-order valence-electron chi connectivity index (χ0n) is 9.43. The number of ether oxygens (including phenoxy) is 2. The fourth-order valence-corrected chi connectivity index (χ4v) is 1.92. The maximum Gasteiger partial charge on any atom is 0.358 e. The zero-order chi connectivity index (χ0) is 12.5. The van der Waals surface area contributed by atoms with Crippen LogP contribution >= 0.6 is 0 Å². The highest BCUT2D eigenvalue weighted by Gasteiger charge is 2.54. The first kappa shape index (κ1) is 11.4. The molecule has 0 N–H and O–H groups in total. The molecule has 0 bridgehead atoms. The van der Waals surface area contributed by atoms with E-state index in [-0.39, 0.29) is 12.2 Å². The summed E-state index contributed by atoms with van der Waals surface area (Å²) in [6, 6.07) is 6.75. The lowest BCUT2D eigenvalue weighted by Crippen LogP contribution is -2.48. The maximum atomic E-state index is 12.2. The lowest BCUT2D eigenvalue weighted by atomic mass is 9.92. The van der Waals surface area contributed by atoms with Gasteiger partial charge in [0.05, 0.1) is 12.7 Å². The largest absolute Gasteiger partial charge is 0.466 e. The van der Waals surface area contributed by atoms with E-state index in [4.69, 9.17) is 4.74 Å². The number of para-hydroxylation sites is 1. The third-order valence-electron chi connectivity index (χ3n) is 2.73. The highest BCUT2D eigenvalue weighted by molar-refractivity contribution is 6.19. The zero-order valence-corrected chi connectivity index (χ0v) is 9.43. The van der Waals surface area contributed by atoms with Gasteiger partial charge in [-0.25, -0.2) is 4.79 Å². The van der Waals surface area contributed by atoms with Gasteiger partial charge in [0.25, 0.3) is 5.60 Å². The van der Waals surface area contributed by atoms with Gasteiger partial charge in [-0.1, -0.05) is 18.2 Å². The van der Waals surface area contributed by atoms with Crippen LogP contribution in [0.4, 0.5) is 0 Å². The SMILES string of the molecule is C=CC[C@@]1(C(=O)OC)Oc2ccccc2C1=O. The number of fused-ring (bicyclic) bond motifs is 1. The molecule has 1 aliphatic rings. The van der Waals surface area contributed by atoms with Crippen LogP contribution in [0.25, 0.3) is 0 Å². The van der Waals surface area contributed by atoms with Gasteiger partial charge in [0.1, 0.15) is 5.75 Å². The van der Waals surface area contributed by atoms with Crippen LogP contribution in [-0.2, 0) is 9.53 Å². The first-order valence-electron chi connectivity index (χ1n) is 5.18. The number of Topliss-reactive ketones (excluding diaryl/α,β-unsaturated/α-hetero) is 1. The minimum Gasteiger partial charge on any atom is -0.466 e. The molecule has 88 valence electrons. The average molecular weight is 232 g/mol. The molecule has 17 heavy (non-hydrogen) atoms.